The first-order chi connectivity index (χ1) is 17.6. The molecule has 1 amide bonds. The van der Waals surface area contributed by atoms with Gasteiger partial charge in [-0.25, -0.2) is 4.79 Å². The molecule has 200 valence electrons. The Morgan fingerprint density at radius 3 is 2.62 bits per heavy atom. The van der Waals surface area contributed by atoms with Crippen LogP contribution in [-0.2, 0) is 11.3 Å². The molecule has 2 atom stereocenters. The maximum absolute atomic E-state index is 12.4. The van der Waals surface area contributed by atoms with Gasteiger partial charge < -0.3 is 25.2 Å². The molecule has 6 rings (SSSR count). The summed E-state index contributed by atoms with van der Waals surface area (Å²) in [6.45, 7) is 12.5. The van der Waals surface area contributed by atoms with Crippen molar-refractivity contribution in [3.63, 3.8) is 0 Å². The zero-order chi connectivity index (χ0) is 26.2. The molecule has 4 fully saturated rings. The summed E-state index contributed by atoms with van der Waals surface area (Å²) >= 11 is 6.14. The number of carbonyl (C=O) groups is 1. The van der Waals surface area contributed by atoms with E-state index in [1.807, 2.05) is 31.7 Å². The molecule has 2 bridgehead atoms. The lowest BCUT2D eigenvalue weighted by molar-refractivity contribution is 0.0139. The molecule has 2 aromatic rings. The number of nitrogen functional groups attached to an aromatic ring is 1. The smallest absolute Gasteiger partial charge is 0.410 e. The quantitative estimate of drug-likeness (QED) is 0.640. The number of benzene rings is 1. The van der Waals surface area contributed by atoms with E-state index in [4.69, 9.17) is 22.1 Å². The average molecular weight is 528 g/mol. The summed E-state index contributed by atoms with van der Waals surface area (Å²) in [6, 6.07) is 11.2. The van der Waals surface area contributed by atoms with Crippen molar-refractivity contribution in [3.8, 4) is 0 Å². The van der Waals surface area contributed by atoms with Crippen molar-refractivity contribution in [3.05, 3.63) is 41.0 Å². The van der Waals surface area contributed by atoms with Crippen molar-refractivity contribution in [1.82, 2.24) is 20.0 Å². The van der Waals surface area contributed by atoms with E-state index in [0.29, 0.717) is 36.0 Å². The molecule has 0 spiro atoms. The van der Waals surface area contributed by atoms with Crippen molar-refractivity contribution in [2.24, 2.45) is 5.92 Å². The Morgan fingerprint density at radius 1 is 1.08 bits per heavy atom. The highest BCUT2D eigenvalue weighted by molar-refractivity contribution is 6.29. The van der Waals surface area contributed by atoms with Gasteiger partial charge in [-0.05, 0) is 57.2 Å². The molecule has 0 aliphatic carbocycles. The Hall–Kier alpha value is -2.78. The van der Waals surface area contributed by atoms with Crippen molar-refractivity contribution < 1.29 is 9.53 Å². The summed E-state index contributed by atoms with van der Waals surface area (Å²) in [4.78, 5) is 21.5. The Balaban J connectivity index is 1.22. The topological polar surface area (TPSA) is 91.1 Å². The Labute approximate surface area is 224 Å². The molecular formula is C27H38ClN7O2. The summed E-state index contributed by atoms with van der Waals surface area (Å²) in [6.07, 6.45) is 2.15. The van der Waals surface area contributed by atoms with Gasteiger partial charge in [0.2, 0.25) is 0 Å². The third-order valence-electron chi connectivity index (χ3n) is 7.50. The number of amides is 1. The fourth-order valence-electron chi connectivity index (χ4n) is 5.72. The van der Waals surface area contributed by atoms with Gasteiger partial charge in [-0.2, -0.15) is 0 Å². The molecule has 0 saturated carbocycles. The fourth-order valence-corrected chi connectivity index (χ4v) is 5.86. The molecule has 10 heteroatoms. The monoisotopic (exact) mass is 527 g/mol. The van der Waals surface area contributed by atoms with E-state index in [1.54, 1.807) is 0 Å². The first kappa shape index (κ1) is 25.9. The highest BCUT2D eigenvalue weighted by Crippen LogP contribution is 2.36. The number of hydrogen-bond acceptors (Lipinski definition) is 8. The molecule has 9 nitrogen and oxygen atoms in total. The minimum absolute atomic E-state index is 0.217. The molecular weight excluding hydrogens is 490 g/mol. The number of aromatic nitrogens is 2. The van der Waals surface area contributed by atoms with Gasteiger partial charge in [0.05, 0.1) is 5.69 Å². The van der Waals surface area contributed by atoms with E-state index in [9.17, 15) is 4.79 Å². The van der Waals surface area contributed by atoms with E-state index in [2.05, 4.69) is 49.2 Å². The number of halogens is 1. The summed E-state index contributed by atoms with van der Waals surface area (Å²) in [5.74, 6) is 0.987. The number of anilines is 3. The Morgan fingerprint density at radius 2 is 1.86 bits per heavy atom. The van der Waals surface area contributed by atoms with Crippen LogP contribution in [0.4, 0.5) is 22.0 Å². The van der Waals surface area contributed by atoms with Crippen molar-refractivity contribution in [2.75, 3.05) is 61.3 Å². The van der Waals surface area contributed by atoms with E-state index in [1.165, 1.54) is 17.7 Å². The van der Waals surface area contributed by atoms with Crippen molar-refractivity contribution in [1.29, 1.82) is 0 Å². The number of fused-ring (bicyclic) bond motifs is 4. The molecule has 0 radical (unpaired) electrons. The molecule has 4 aliphatic rings. The molecule has 4 aliphatic heterocycles. The second-order valence-corrected chi connectivity index (χ2v) is 11.9. The summed E-state index contributed by atoms with van der Waals surface area (Å²) in [5.41, 5.74) is 9.17. The van der Waals surface area contributed by atoms with Crippen LogP contribution in [0.1, 0.15) is 39.2 Å². The molecule has 1 unspecified atom stereocenters. The van der Waals surface area contributed by atoms with Crippen LogP contribution in [0.2, 0.25) is 5.15 Å². The molecule has 1 aromatic carbocycles. The number of nitrogens with two attached hydrogens (primary N) is 1. The van der Waals surface area contributed by atoms with Crippen molar-refractivity contribution in [2.45, 2.75) is 51.8 Å². The van der Waals surface area contributed by atoms with E-state index >= 15 is 0 Å². The highest BCUT2D eigenvalue weighted by atomic mass is 35.5. The standard InChI is InChI=1S/C27H38ClN7O2/c1-27(2,3)37-26(36)33-11-9-32(10-12-33)15-19-5-4-6-21(13-19)35-17-20-7-8-22(35)18-34(16-20)23-14-24(28)30-31-25(23)29/h4-6,13-14,20,22H,7-12,15-18H2,1-3H3,(H2,29,31)/t20?,22-/m1/s1. The van der Waals surface area contributed by atoms with Gasteiger partial charge in [0.25, 0.3) is 0 Å². The number of piperazine rings is 1. The fraction of sp³-hybridized carbons (Fsp3) is 0.593. The van der Waals surface area contributed by atoms with Crippen LogP contribution >= 0.6 is 11.6 Å². The zero-order valence-electron chi connectivity index (χ0n) is 22.1. The van der Waals surface area contributed by atoms with Gasteiger partial charge in [0, 0.05) is 70.2 Å². The third-order valence-corrected chi connectivity index (χ3v) is 7.68. The van der Waals surface area contributed by atoms with Crippen LogP contribution in [0.3, 0.4) is 0 Å². The van der Waals surface area contributed by atoms with Crippen LogP contribution in [0.5, 0.6) is 0 Å². The van der Waals surface area contributed by atoms with E-state index < -0.39 is 5.60 Å². The molecule has 37 heavy (non-hydrogen) atoms. The lowest BCUT2D eigenvalue weighted by Gasteiger charge is -2.38. The minimum atomic E-state index is -0.465. The van der Waals surface area contributed by atoms with Crippen LogP contribution in [0.25, 0.3) is 0 Å². The molecule has 1 aromatic heterocycles. The molecule has 2 N–H and O–H groups in total. The summed E-state index contributed by atoms with van der Waals surface area (Å²) in [5, 5.41) is 8.29. The van der Waals surface area contributed by atoms with Crippen molar-refractivity contribution >= 4 is 34.9 Å². The number of rotatable bonds is 4. The van der Waals surface area contributed by atoms with Gasteiger partial charge in [-0.1, -0.05) is 23.7 Å². The number of carbonyl (C=O) groups excluding carboxylic acids is 1. The van der Waals surface area contributed by atoms with Gasteiger partial charge >= 0.3 is 6.09 Å². The van der Waals surface area contributed by atoms with Gasteiger partial charge in [0.15, 0.2) is 11.0 Å². The normalized spacial score (nSPS) is 22.8. The first-order valence-corrected chi connectivity index (χ1v) is 13.6. The Kier molecular flexibility index (Phi) is 7.36. The van der Waals surface area contributed by atoms with Crippen LogP contribution in [0.15, 0.2) is 30.3 Å². The third kappa shape index (κ3) is 6.21. The second kappa shape index (κ2) is 10.5. The SMILES string of the molecule is CC(C)(C)OC(=O)N1CCN(Cc2cccc(N3CC4CC[C@@H]3CN(c3cc(Cl)nnc3N)C4)c2)CC1. The minimum Gasteiger partial charge on any atom is -0.444 e. The zero-order valence-corrected chi connectivity index (χ0v) is 22.8. The maximum atomic E-state index is 12.4. The molecule has 4 saturated heterocycles. The van der Waals surface area contributed by atoms with E-state index in [0.717, 1.165) is 51.4 Å². The molecule has 5 heterocycles. The number of piperidine rings is 1. The number of ether oxygens (including phenoxy) is 1. The summed E-state index contributed by atoms with van der Waals surface area (Å²) < 4.78 is 5.54. The second-order valence-electron chi connectivity index (χ2n) is 11.5. The largest absolute Gasteiger partial charge is 0.444 e. The van der Waals surface area contributed by atoms with Gasteiger partial charge in [-0.3, -0.25) is 4.90 Å². The highest BCUT2D eigenvalue weighted by Gasteiger charge is 2.36. The first-order valence-electron chi connectivity index (χ1n) is 13.2. The predicted molar refractivity (Wildman–Crippen MR) is 147 cm³/mol. The van der Waals surface area contributed by atoms with Gasteiger partial charge in [-0.15, -0.1) is 10.2 Å². The average Bonchev–Trinajstić information content (AvgIpc) is 3.17. The van der Waals surface area contributed by atoms with E-state index in [-0.39, 0.29) is 6.09 Å². The van der Waals surface area contributed by atoms with Gasteiger partial charge in [0.1, 0.15) is 5.60 Å². The lowest BCUT2D eigenvalue weighted by Crippen LogP contribution is -2.49. The summed E-state index contributed by atoms with van der Waals surface area (Å²) in [7, 11) is 0. The number of nitrogens with zero attached hydrogens (tertiary/aromatic N) is 6. The Bertz CT molecular complexity index is 1120. The number of hydrogen-bond donors (Lipinski definition) is 1. The lowest BCUT2D eigenvalue weighted by atomic mass is 9.94. The van der Waals surface area contributed by atoms with Crippen LogP contribution < -0.4 is 15.5 Å². The maximum Gasteiger partial charge on any atom is 0.410 e. The van der Waals surface area contributed by atoms with Crippen LogP contribution in [-0.4, -0.2) is 83.5 Å². The predicted octanol–water partition coefficient (Wildman–Crippen LogP) is 3.87. The van der Waals surface area contributed by atoms with Crippen LogP contribution in [0, 0.1) is 5.92 Å².